The number of likely N-dealkylation sites (tertiary alicyclic amines) is 1. The highest BCUT2D eigenvalue weighted by Crippen LogP contribution is 2.33. The SMILES string of the molecule is Cc1cc(C#N)ccc1-c1cnn(-c2ccc(C(=O)N3CCCC(N(C)C)C3)cn2)c1O. The monoisotopic (exact) mass is 430 g/mol. The summed E-state index contributed by atoms with van der Waals surface area (Å²) in [6.07, 6.45) is 5.18. The zero-order valence-electron chi connectivity index (χ0n) is 18.5. The molecule has 0 spiro atoms. The normalized spacial score (nSPS) is 16.2. The average molecular weight is 431 g/mol. The van der Waals surface area contributed by atoms with Gasteiger partial charge in [0.1, 0.15) is 0 Å². The Bertz CT molecular complexity index is 1180. The predicted octanol–water partition coefficient (Wildman–Crippen LogP) is 2.99. The molecule has 3 aromatic rings. The van der Waals surface area contributed by atoms with Gasteiger partial charge in [-0.2, -0.15) is 15.0 Å². The lowest BCUT2D eigenvalue weighted by molar-refractivity contribution is 0.0634. The Balaban J connectivity index is 1.55. The molecule has 4 rings (SSSR count). The van der Waals surface area contributed by atoms with Crippen LogP contribution < -0.4 is 0 Å². The van der Waals surface area contributed by atoms with Gasteiger partial charge in [-0.1, -0.05) is 6.07 Å². The van der Waals surface area contributed by atoms with Crippen LogP contribution in [0.15, 0.2) is 42.7 Å². The summed E-state index contributed by atoms with van der Waals surface area (Å²) in [7, 11) is 4.08. The minimum Gasteiger partial charge on any atom is -0.493 e. The van der Waals surface area contributed by atoms with E-state index in [2.05, 4.69) is 21.1 Å². The molecule has 0 saturated carbocycles. The lowest BCUT2D eigenvalue weighted by Gasteiger charge is -2.36. The van der Waals surface area contributed by atoms with Crippen molar-refractivity contribution in [1.29, 1.82) is 5.26 Å². The van der Waals surface area contributed by atoms with E-state index in [1.54, 1.807) is 36.5 Å². The average Bonchev–Trinajstić information content (AvgIpc) is 3.19. The number of pyridine rings is 1. The Hall–Kier alpha value is -3.70. The van der Waals surface area contributed by atoms with Crippen LogP contribution in [-0.2, 0) is 0 Å². The molecule has 0 radical (unpaired) electrons. The molecule has 1 aromatic carbocycles. The van der Waals surface area contributed by atoms with Gasteiger partial charge in [-0.25, -0.2) is 4.98 Å². The number of benzene rings is 1. The van der Waals surface area contributed by atoms with Gasteiger partial charge in [0.25, 0.3) is 5.91 Å². The summed E-state index contributed by atoms with van der Waals surface area (Å²) in [5.74, 6) is 0.338. The zero-order chi connectivity index (χ0) is 22.8. The number of carbonyl (C=O) groups excluding carboxylic acids is 1. The van der Waals surface area contributed by atoms with Gasteiger partial charge in [0.05, 0.1) is 29.0 Å². The van der Waals surface area contributed by atoms with Crippen LogP contribution in [0, 0.1) is 18.3 Å². The van der Waals surface area contributed by atoms with Crippen molar-refractivity contribution in [2.45, 2.75) is 25.8 Å². The molecule has 8 heteroatoms. The third kappa shape index (κ3) is 4.07. The van der Waals surface area contributed by atoms with Crippen LogP contribution in [0.3, 0.4) is 0 Å². The van der Waals surface area contributed by atoms with E-state index in [4.69, 9.17) is 5.26 Å². The molecule has 1 aliphatic rings. The highest BCUT2D eigenvalue weighted by Gasteiger charge is 2.26. The first-order valence-electron chi connectivity index (χ1n) is 10.6. The second-order valence-corrected chi connectivity index (χ2v) is 8.35. The number of aromatic nitrogens is 3. The van der Waals surface area contributed by atoms with Crippen molar-refractivity contribution in [2.75, 3.05) is 27.2 Å². The molecule has 0 aliphatic carbocycles. The van der Waals surface area contributed by atoms with Crippen LogP contribution in [0.4, 0.5) is 0 Å². The first-order chi connectivity index (χ1) is 15.4. The van der Waals surface area contributed by atoms with E-state index in [1.165, 1.54) is 10.9 Å². The third-order valence-electron chi connectivity index (χ3n) is 6.02. The summed E-state index contributed by atoms with van der Waals surface area (Å²) in [4.78, 5) is 21.3. The summed E-state index contributed by atoms with van der Waals surface area (Å²) < 4.78 is 1.34. The minimum atomic E-state index is -0.0470. The van der Waals surface area contributed by atoms with Crippen LogP contribution in [0.1, 0.15) is 34.3 Å². The van der Waals surface area contributed by atoms with Crippen molar-refractivity contribution in [1.82, 2.24) is 24.6 Å². The fourth-order valence-corrected chi connectivity index (χ4v) is 4.12. The smallest absolute Gasteiger partial charge is 0.255 e. The predicted molar refractivity (Wildman–Crippen MR) is 121 cm³/mol. The lowest BCUT2D eigenvalue weighted by Crippen LogP contribution is -2.47. The number of aryl methyl sites for hydroxylation is 1. The molecular weight excluding hydrogens is 404 g/mol. The number of aromatic hydroxyl groups is 1. The lowest BCUT2D eigenvalue weighted by atomic mass is 10.0. The zero-order valence-corrected chi connectivity index (χ0v) is 18.5. The quantitative estimate of drug-likeness (QED) is 0.683. The summed E-state index contributed by atoms with van der Waals surface area (Å²) in [5.41, 5.74) is 3.29. The molecule has 1 N–H and O–H groups in total. The van der Waals surface area contributed by atoms with E-state index < -0.39 is 0 Å². The van der Waals surface area contributed by atoms with E-state index in [1.807, 2.05) is 25.9 Å². The van der Waals surface area contributed by atoms with Crippen molar-refractivity contribution in [3.05, 3.63) is 59.4 Å². The molecule has 2 aromatic heterocycles. The second kappa shape index (κ2) is 8.81. The maximum absolute atomic E-state index is 12.9. The number of hydrogen-bond donors (Lipinski definition) is 1. The molecule has 3 heterocycles. The summed E-state index contributed by atoms with van der Waals surface area (Å²) in [5, 5.41) is 24.1. The van der Waals surface area contributed by atoms with Gasteiger partial charge in [-0.05, 0) is 69.3 Å². The number of amides is 1. The molecule has 32 heavy (non-hydrogen) atoms. The van der Waals surface area contributed by atoms with E-state index >= 15 is 0 Å². The molecule has 1 atom stereocenters. The van der Waals surface area contributed by atoms with Crippen molar-refractivity contribution >= 4 is 5.91 Å². The molecule has 8 nitrogen and oxygen atoms in total. The van der Waals surface area contributed by atoms with Crippen LogP contribution in [0.5, 0.6) is 5.88 Å². The van der Waals surface area contributed by atoms with Gasteiger partial charge >= 0.3 is 0 Å². The maximum atomic E-state index is 12.9. The number of hydrogen-bond acceptors (Lipinski definition) is 6. The summed E-state index contributed by atoms with van der Waals surface area (Å²) >= 11 is 0. The fraction of sp³-hybridized carbons (Fsp3) is 0.333. The van der Waals surface area contributed by atoms with E-state index in [9.17, 15) is 9.90 Å². The molecule has 164 valence electrons. The Morgan fingerprint density at radius 1 is 1.22 bits per heavy atom. The molecule has 1 fully saturated rings. The number of nitrogens with zero attached hydrogens (tertiary/aromatic N) is 6. The van der Waals surface area contributed by atoms with Gasteiger partial charge in [0.2, 0.25) is 5.88 Å². The van der Waals surface area contributed by atoms with Gasteiger partial charge in [0, 0.05) is 25.3 Å². The maximum Gasteiger partial charge on any atom is 0.255 e. The van der Waals surface area contributed by atoms with Crippen LogP contribution in [0.25, 0.3) is 16.9 Å². The topological polar surface area (TPSA) is 98.3 Å². The summed E-state index contributed by atoms with van der Waals surface area (Å²) in [6.45, 7) is 3.34. The Morgan fingerprint density at radius 2 is 2.03 bits per heavy atom. The van der Waals surface area contributed by atoms with E-state index in [-0.39, 0.29) is 11.8 Å². The van der Waals surface area contributed by atoms with Crippen molar-refractivity contribution < 1.29 is 9.90 Å². The Labute approximate surface area is 187 Å². The number of nitriles is 1. The minimum absolute atomic E-state index is 0.0332. The van der Waals surface area contributed by atoms with Gasteiger partial charge in [-0.15, -0.1) is 0 Å². The number of carbonyl (C=O) groups is 1. The van der Waals surface area contributed by atoms with Gasteiger partial charge in [-0.3, -0.25) is 4.79 Å². The molecule has 1 saturated heterocycles. The highest BCUT2D eigenvalue weighted by molar-refractivity contribution is 5.94. The van der Waals surface area contributed by atoms with Crippen LogP contribution in [0.2, 0.25) is 0 Å². The molecule has 0 bridgehead atoms. The molecular formula is C24H26N6O2. The fourth-order valence-electron chi connectivity index (χ4n) is 4.12. The van der Waals surface area contributed by atoms with Crippen molar-refractivity contribution in [3.63, 3.8) is 0 Å². The molecule has 1 aliphatic heterocycles. The molecule has 1 amide bonds. The first-order valence-corrected chi connectivity index (χ1v) is 10.6. The largest absolute Gasteiger partial charge is 0.493 e. The highest BCUT2D eigenvalue weighted by atomic mass is 16.3. The summed E-state index contributed by atoms with van der Waals surface area (Å²) in [6, 6.07) is 11.2. The van der Waals surface area contributed by atoms with E-state index in [0.29, 0.717) is 35.1 Å². The van der Waals surface area contributed by atoms with Crippen LogP contribution in [-0.4, -0.2) is 68.8 Å². The van der Waals surface area contributed by atoms with E-state index in [0.717, 1.165) is 30.5 Å². The standard InChI is InChI=1S/C24H26N6O2/c1-16-11-17(12-25)6-8-20(16)21-14-27-30(24(21)32)22-9-7-18(13-26-22)23(31)29-10-4-5-19(15-29)28(2)3/h6-9,11,13-14,19,32H,4-5,10,15H2,1-3H3. The molecule has 1 unspecified atom stereocenters. The van der Waals surface area contributed by atoms with Crippen molar-refractivity contribution in [2.24, 2.45) is 0 Å². The number of rotatable bonds is 4. The first kappa shape index (κ1) is 21.5. The number of piperidine rings is 1. The van der Waals surface area contributed by atoms with Crippen molar-refractivity contribution in [3.8, 4) is 28.9 Å². The third-order valence-corrected chi connectivity index (χ3v) is 6.02. The van der Waals surface area contributed by atoms with Crippen LogP contribution >= 0.6 is 0 Å². The Morgan fingerprint density at radius 3 is 2.69 bits per heavy atom. The Kier molecular flexibility index (Phi) is 5.93. The second-order valence-electron chi connectivity index (χ2n) is 8.35. The van der Waals surface area contributed by atoms with Gasteiger partial charge < -0.3 is 14.9 Å². The van der Waals surface area contributed by atoms with Gasteiger partial charge in [0.15, 0.2) is 5.82 Å². The number of likely N-dealkylation sites (N-methyl/N-ethyl adjacent to an activating group) is 1.